The lowest BCUT2D eigenvalue weighted by Gasteiger charge is -2.11. The molecule has 0 saturated heterocycles. The summed E-state index contributed by atoms with van der Waals surface area (Å²) in [5.74, 6) is -1.36. The number of carboxylic acid groups (broad SMARTS) is 1. The molecule has 1 atom stereocenters. The first-order chi connectivity index (χ1) is 8.99. The van der Waals surface area contributed by atoms with Crippen molar-refractivity contribution in [1.29, 1.82) is 0 Å². The molecule has 0 spiro atoms. The highest BCUT2D eigenvalue weighted by Crippen LogP contribution is 2.26. The highest BCUT2D eigenvalue weighted by atomic mass is 35.5. The van der Waals surface area contributed by atoms with Crippen molar-refractivity contribution in [3.05, 3.63) is 29.0 Å². The van der Waals surface area contributed by atoms with Crippen LogP contribution in [0.25, 0.3) is 11.4 Å². The van der Waals surface area contributed by atoms with Gasteiger partial charge in [0.2, 0.25) is 0 Å². The average molecular weight is 285 g/mol. The van der Waals surface area contributed by atoms with Gasteiger partial charge in [-0.1, -0.05) is 11.6 Å². The Morgan fingerprint density at radius 2 is 2.32 bits per heavy atom. The fourth-order valence-corrected chi connectivity index (χ4v) is 1.85. The van der Waals surface area contributed by atoms with E-state index in [1.165, 1.54) is 22.9 Å². The highest BCUT2D eigenvalue weighted by Gasteiger charge is 2.19. The van der Waals surface area contributed by atoms with Gasteiger partial charge >= 0.3 is 5.97 Å². The Kier molecular flexibility index (Phi) is 3.75. The van der Waals surface area contributed by atoms with E-state index in [4.69, 9.17) is 16.7 Å². The summed E-state index contributed by atoms with van der Waals surface area (Å²) in [4.78, 5) is 10.7. The van der Waals surface area contributed by atoms with E-state index >= 15 is 0 Å². The van der Waals surface area contributed by atoms with Crippen LogP contribution < -0.4 is 0 Å². The summed E-state index contributed by atoms with van der Waals surface area (Å²) >= 11 is 5.81. The third-order valence-electron chi connectivity index (χ3n) is 2.55. The first-order valence-corrected chi connectivity index (χ1v) is 5.82. The summed E-state index contributed by atoms with van der Waals surface area (Å²) < 4.78 is 15.0. The molecule has 1 aromatic heterocycles. The van der Waals surface area contributed by atoms with Gasteiger partial charge in [-0.2, -0.15) is 0 Å². The topological polar surface area (TPSA) is 80.9 Å². The molecule has 1 heterocycles. The molecule has 0 amide bonds. The molecule has 19 heavy (non-hydrogen) atoms. The van der Waals surface area contributed by atoms with E-state index in [-0.39, 0.29) is 17.8 Å². The molecule has 0 radical (unpaired) electrons. The molecule has 8 heteroatoms. The summed E-state index contributed by atoms with van der Waals surface area (Å²) in [7, 11) is 0. The van der Waals surface area contributed by atoms with E-state index in [1.54, 1.807) is 6.92 Å². The van der Waals surface area contributed by atoms with Gasteiger partial charge in [-0.15, -0.1) is 5.10 Å². The minimum Gasteiger partial charge on any atom is -0.481 e. The largest absolute Gasteiger partial charge is 0.481 e. The zero-order valence-corrected chi connectivity index (χ0v) is 10.7. The maximum absolute atomic E-state index is 13.8. The van der Waals surface area contributed by atoms with Crippen LogP contribution in [0.1, 0.15) is 19.4 Å². The number of tetrazole rings is 1. The number of rotatable bonds is 4. The Labute approximate surface area is 112 Å². The number of hydrogen-bond acceptors (Lipinski definition) is 4. The molecule has 2 aromatic rings. The monoisotopic (exact) mass is 284 g/mol. The van der Waals surface area contributed by atoms with Gasteiger partial charge < -0.3 is 5.11 Å². The zero-order valence-electron chi connectivity index (χ0n) is 9.92. The van der Waals surface area contributed by atoms with E-state index < -0.39 is 17.8 Å². The second-order valence-electron chi connectivity index (χ2n) is 4.02. The fourth-order valence-electron chi connectivity index (χ4n) is 1.68. The van der Waals surface area contributed by atoms with Crippen LogP contribution in [-0.4, -0.2) is 31.3 Å². The van der Waals surface area contributed by atoms with Crippen LogP contribution in [0, 0.1) is 5.82 Å². The summed E-state index contributed by atoms with van der Waals surface area (Å²) in [6.07, 6.45) is -0.166. The molecular weight excluding hydrogens is 275 g/mol. The second kappa shape index (κ2) is 5.31. The predicted octanol–water partition coefficient (Wildman–Crippen LogP) is 2.17. The smallest absolute Gasteiger partial charge is 0.305 e. The molecule has 6 nitrogen and oxygen atoms in total. The lowest BCUT2D eigenvalue weighted by Crippen LogP contribution is -2.13. The minimum atomic E-state index is -0.986. The van der Waals surface area contributed by atoms with E-state index in [1.807, 2.05) is 0 Å². The van der Waals surface area contributed by atoms with Gasteiger partial charge in [0.1, 0.15) is 5.82 Å². The van der Waals surface area contributed by atoms with Crippen molar-refractivity contribution in [3.63, 3.8) is 0 Å². The van der Waals surface area contributed by atoms with E-state index in [0.29, 0.717) is 5.02 Å². The number of carboxylic acids is 1. The summed E-state index contributed by atoms with van der Waals surface area (Å²) in [6.45, 7) is 1.64. The van der Waals surface area contributed by atoms with Gasteiger partial charge in [0, 0.05) is 5.02 Å². The van der Waals surface area contributed by atoms with Gasteiger partial charge in [-0.05, 0) is 35.5 Å². The van der Waals surface area contributed by atoms with E-state index in [0.717, 1.165) is 0 Å². The number of aliphatic carboxylic acids is 1. The molecular formula is C11H10ClFN4O2. The minimum absolute atomic E-state index is 0.134. The maximum atomic E-state index is 13.8. The molecule has 0 fully saturated rings. The molecule has 1 aromatic carbocycles. The van der Waals surface area contributed by atoms with Crippen LogP contribution in [0.4, 0.5) is 4.39 Å². The molecule has 0 bridgehead atoms. The standard InChI is InChI=1S/C11H10ClFN4O2/c1-6(4-10(18)19)17-11(14-15-16-17)8-5-7(12)2-3-9(8)13/h2-3,5-6H,4H2,1H3,(H,18,19). The molecule has 1 N–H and O–H groups in total. The molecule has 0 saturated carbocycles. The number of nitrogens with zero attached hydrogens (tertiary/aromatic N) is 4. The van der Waals surface area contributed by atoms with Crippen molar-refractivity contribution in [1.82, 2.24) is 20.2 Å². The number of halogens is 2. The Morgan fingerprint density at radius 3 is 3.00 bits per heavy atom. The third kappa shape index (κ3) is 2.87. The molecule has 100 valence electrons. The van der Waals surface area contributed by atoms with Crippen molar-refractivity contribution >= 4 is 17.6 Å². The van der Waals surface area contributed by atoms with Crippen molar-refractivity contribution in [2.24, 2.45) is 0 Å². The first-order valence-electron chi connectivity index (χ1n) is 5.44. The van der Waals surface area contributed by atoms with Crippen molar-refractivity contribution in [2.45, 2.75) is 19.4 Å². The van der Waals surface area contributed by atoms with Gasteiger partial charge in [0.05, 0.1) is 18.0 Å². The summed E-state index contributed by atoms with van der Waals surface area (Å²) in [6, 6.07) is 3.52. The Balaban J connectivity index is 2.44. The van der Waals surface area contributed by atoms with Crippen molar-refractivity contribution < 1.29 is 14.3 Å². The van der Waals surface area contributed by atoms with Gasteiger partial charge in [-0.25, -0.2) is 9.07 Å². The fraction of sp³-hybridized carbons (Fsp3) is 0.273. The number of benzene rings is 1. The second-order valence-corrected chi connectivity index (χ2v) is 4.45. The van der Waals surface area contributed by atoms with Crippen LogP contribution in [0.5, 0.6) is 0 Å². The van der Waals surface area contributed by atoms with Crippen LogP contribution in [-0.2, 0) is 4.79 Å². The molecule has 0 aliphatic heterocycles. The normalized spacial score (nSPS) is 12.4. The summed E-state index contributed by atoms with van der Waals surface area (Å²) in [5.41, 5.74) is 0.134. The SMILES string of the molecule is CC(CC(=O)O)n1nnnc1-c1cc(Cl)ccc1F. The zero-order chi connectivity index (χ0) is 14.0. The van der Waals surface area contributed by atoms with Crippen LogP contribution in [0.2, 0.25) is 5.02 Å². The van der Waals surface area contributed by atoms with Gasteiger partial charge in [0.25, 0.3) is 0 Å². The van der Waals surface area contributed by atoms with Gasteiger partial charge in [-0.3, -0.25) is 4.79 Å². The third-order valence-corrected chi connectivity index (χ3v) is 2.78. The average Bonchev–Trinajstić information content (AvgIpc) is 2.80. The van der Waals surface area contributed by atoms with Crippen LogP contribution >= 0.6 is 11.6 Å². The van der Waals surface area contributed by atoms with Gasteiger partial charge in [0.15, 0.2) is 5.82 Å². The van der Waals surface area contributed by atoms with Crippen LogP contribution in [0.15, 0.2) is 18.2 Å². The molecule has 0 aliphatic carbocycles. The lowest BCUT2D eigenvalue weighted by molar-refractivity contribution is -0.137. The Hall–Kier alpha value is -2.02. The predicted molar refractivity (Wildman–Crippen MR) is 65.2 cm³/mol. The number of aromatic nitrogens is 4. The Morgan fingerprint density at radius 1 is 1.58 bits per heavy atom. The Bertz CT molecular complexity index is 616. The molecule has 0 aliphatic rings. The quantitative estimate of drug-likeness (QED) is 0.930. The lowest BCUT2D eigenvalue weighted by atomic mass is 10.1. The molecule has 1 unspecified atom stereocenters. The first kappa shape index (κ1) is 13.4. The van der Waals surface area contributed by atoms with E-state index in [9.17, 15) is 9.18 Å². The molecule has 2 rings (SSSR count). The number of hydrogen-bond donors (Lipinski definition) is 1. The van der Waals surface area contributed by atoms with Crippen molar-refractivity contribution in [3.8, 4) is 11.4 Å². The van der Waals surface area contributed by atoms with E-state index in [2.05, 4.69) is 15.5 Å². The summed E-state index contributed by atoms with van der Waals surface area (Å²) in [5, 5.41) is 20.0. The van der Waals surface area contributed by atoms with Crippen molar-refractivity contribution in [2.75, 3.05) is 0 Å². The highest BCUT2D eigenvalue weighted by molar-refractivity contribution is 6.30. The maximum Gasteiger partial charge on any atom is 0.305 e. The number of carbonyl (C=O) groups is 1. The van der Waals surface area contributed by atoms with Crippen LogP contribution in [0.3, 0.4) is 0 Å².